The van der Waals surface area contributed by atoms with Crippen molar-refractivity contribution in [2.45, 2.75) is 0 Å². The van der Waals surface area contributed by atoms with Crippen LogP contribution in [0, 0.1) is 5.41 Å². The van der Waals surface area contributed by atoms with Crippen LogP contribution in [0.3, 0.4) is 0 Å². The summed E-state index contributed by atoms with van der Waals surface area (Å²) < 4.78 is 46.0. The second-order valence-corrected chi connectivity index (χ2v) is 3.64. The van der Waals surface area contributed by atoms with Crippen LogP contribution in [0.1, 0.15) is 0 Å². The highest BCUT2D eigenvalue weighted by atomic mass is 32.3. The van der Waals surface area contributed by atoms with Gasteiger partial charge in [0, 0.05) is 0 Å². The fraction of sp³-hybridized carbons (Fsp3) is 0. The molecule has 0 aromatic carbocycles. The van der Waals surface area contributed by atoms with E-state index < -0.39 is 31.2 Å². The Morgan fingerprint density at radius 2 is 2.00 bits per heavy atom. The lowest BCUT2D eigenvalue weighted by molar-refractivity contribution is 0.447. The van der Waals surface area contributed by atoms with Gasteiger partial charge in [0.05, 0.1) is 0 Å². The van der Waals surface area contributed by atoms with Crippen LogP contribution in [0.15, 0.2) is 0 Å². The number of guanidine groups is 1. The number of hydrogen-bond donors (Lipinski definition) is 4. The lowest BCUT2D eigenvalue weighted by Crippen LogP contribution is -2.41. The smallest absolute Gasteiger partial charge is 0.368 e. The molecule has 0 radical (unpaired) electrons. The highest BCUT2D eigenvalue weighted by molar-refractivity contribution is 7.96. The molecular weight excluding hydrogens is 198 g/mol. The first kappa shape index (κ1) is 10.3. The molecule has 0 aliphatic carbocycles. The fourth-order valence-electron chi connectivity index (χ4n) is 0.289. The molecule has 0 spiro atoms. The molecule has 0 aromatic rings. The van der Waals surface area contributed by atoms with Gasteiger partial charge in [-0.25, -0.2) is 4.21 Å². The number of hydrogen-bond acceptors (Lipinski definition) is 4. The molecule has 0 saturated carbocycles. The maximum Gasteiger partial charge on any atom is 0.375 e. The van der Waals surface area contributed by atoms with Gasteiger partial charge in [-0.05, 0) is 0 Å². The first-order valence-corrected chi connectivity index (χ1v) is 4.45. The van der Waals surface area contributed by atoms with Crippen LogP contribution >= 0.6 is 0 Å². The number of nitrogens with one attached hydrogen (secondary N) is 1. The van der Waals surface area contributed by atoms with E-state index in [-0.39, 0.29) is 0 Å². The Balaban J connectivity index is 4.94. The molecule has 0 fully saturated rings. The summed E-state index contributed by atoms with van der Waals surface area (Å²) in [6.07, 6.45) is 0. The molecule has 5 N–H and O–H groups in total. The summed E-state index contributed by atoms with van der Waals surface area (Å²) in [5.41, 5.74) is 4.54. The highest BCUT2D eigenvalue weighted by Crippen LogP contribution is 1.97. The molecule has 1 unspecified atom stereocenters. The molecule has 0 saturated heterocycles. The lowest BCUT2D eigenvalue weighted by Gasteiger charge is -2.11. The van der Waals surface area contributed by atoms with Crippen molar-refractivity contribution in [1.29, 1.82) is 5.41 Å². The summed E-state index contributed by atoms with van der Waals surface area (Å²) in [5.74, 6) is -1.24. The maximum atomic E-state index is 10.1. The average molecular weight is 203 g/mol. The molecule has 11 heavy (non-hydrogen) atoms. The molecule has 0 aromatic heterocycles. The second-order valence-electron chi connectivity index (χ2n) is 1.32. The van der Waals surface area contributed by atoms with E-state index in [4.69, 9.17) is 14.5 Å². The van der Waals surface area contributed by atoms with Crippen molar-refractivity contribution in [3.05, 3.63) is 0 Å². The van der Waals surface area contributed by atoms with Crippen molar-refractivity contribution in [3.63, 3.8) is 0 Å². The predicted octanol–water partition coefficient (Wildman–Crippen LogP) is -1.88. The van der Waals surface area contributed by atoms with Gasteiger partial charge >= 0.3 is 10.3 Å². The summed E-state index contributed by atoms with van der Waals surface area (Å²) in [6.45, 7) is 0. The van der Waals surface area contributed by atoms with E-state index in [9.17, 15) is 12.6 Å². The Hall–Kier alpha value is -0.710. The topological polar surface area (TPSA) is 145 Å². The third-order valence-electron chi connectivity index (χ3n) is 0.548. The molecule has 0 heterocycles. The molecule has 8 nitrogen and oxygen atoms in total. The lowest BCUT2D eigenvalue weighted by atomic mass is 11.1. The molecule has 0 bridgehead atoms. The quantitative estimate of drug-likeness (QED) is 0.179. The zero-order chi connectivity index (χ0) is 9.23. The van der Waals surface area contributed by atoms with Crippen LogP contribution in [0.5, 0.6) is 0 Å². The molecule has 1 atom stereocenters. The SMILES string of the molecule is N=C(N)N(S(=O)O)S(=O)(=O)O. The van der Waals surface area contributed by atoms with Crippen molar-refractivity contribution in [3.8, 4) is 0 Å². The van der Waals surface area contributed by atoms with E-state index in [1.54, 1.807) is 0 Å². The summed E-state index contributed by atoms with van der Waals surface area (Å²) >= 11 is -3.06. The van der Waals surface area contributed by atoms with Crippen LogP contribution in [0.4, 0.5) is 0 Å². The summed E-state index contributed by atoms with van der Waals surface area (Å²) in [7, 11) is -4.93. The van der Waals surface area contributed by atoms with Crippen LogP contribution in [-0.2, 0) is 21.6 Å². The van der Waals surface area contributed by atoms with Crippen LogP contribution in [0.2, 0.25) is 0 Å². The molecule has 66 valence electrons. The highest BCUT2D eigenvalue weighted by Gasteiger charge is 2.25. The minimum Gasteiger partial charge on any atom is -0.368 e. The summed E-state index contributed by atoms with van der Waals surface area (Å²) in [5, 5.41) is 6.45. The zero-order valence-corrected chi connectivity index (χ0v) is 6.59. The Morgan fingerprint density at radius 1 is 1.64 bits per heavy atom. The van der Waals surface area contributed by atoms with Gasteiger partial charge in [-0.15, -0.1) is 3.71 Å². The number of nitrogens with zero attached hydrogens (tertiary/aromatic N) is 1. The van der Waals surface area contributed by atoms with Gasteiger partial charge in [0.1, 0.15) is 0 Å². The molecule has 0 aliphatic rings. The molecular formula is CH5N3O5S2. The predicted molar refractivity (Wildman–Crippen MR) is 36.1 cm³/mol. The first-order chi connectivity index (χ1) is 4.76. The van der Waals surface area contributed by atoms with Gasteiger partial charge in [-0.2, -0.15) is 8.42 Å². The Labute approximate surface area is 64.8 Å². The van der Waals surface area contributed by atoms with Crippen molar-refractivity contribution < 1.29 is 21.7 Å². The first-order valence-electron chi connectivity index (χ1n) is 1.99. The monoisotopic (exact) mass is 203 g/mol. The van der Waals surface area contributed by atoms with Gasteiger partial charge in [0.15, 0.2) is 0 Å². The van der Waals surface area contributed by atoms with Crippen molar-refractivity contribution in [2.75, 3.05) is 0 Å². The van der Waals surface area contributed by atoms with E-state index in [1.165, 1.54) is 0 Å². The maximum absolute atomic E-state index is 10.1. The van der Waals surface area contributed by atoms with E-state index in [2.05, 4.69) is 5.73 Å². The minimum atomic E-state index is -4.93. The molecule has 10 heteroatoms. The number of nitrogens with two attached hydrogens (primary N) is 1. The summed E-state index contributed by atoms with van der Waals surface area (Å²) in [6, 6.07) is 0. The van der Waals surface area contributed by atoms with Crippen LogP contribution < -0.4 is 5.73 Å². The summed E-state index contributed by atoms with van der Waals surface area (Å²) in [4.78, 5) is 0. The minimum absolute atomic E-state index is 0.562. The van der Waals surface area contributed by atoms with Gasteiger partial charge in [-0.3, -0.25) is 14.5 Å². The van der Waals surface area contributed by atoms with Gasteiger partial charge in [-0.1, -0.05) is 0 Å². The normalized spacial score (nSPS) is 14.0. The molecule has 0 aliphatic heterocycles. The molecule has 0 amide bonds. The van der Waals surface area contributed by atoms with E-state index in [1.807, 2.05) is 0 Å². The van der Waals surface area contributed by atoms with Crippen LogP contribution in [0.25, 0.3) is 0 Å². The van der Waals surface area contributed by atoms with Crippen molar-refractivity contribution in [1.82, 2.24) is 3.71 Å². The van der Waals surface area contributed by atoms with E-state index in [0.717, 1.165) is 0 Å². The largest absolute Gasteiger partial charge is 0.375 e. The molecule has 0 rings (SSSR count). The van der Waals surface area contributed by atoms with Crippen molar-refractivity contribution >= 4 is 27.5 Å². The standard InChI is InChI=1S/CH5N3O5S2/c2-1(3)4(10(5)6)11(7,8)9/h(H3,2,3)(H,5,6)(H,7,8,9). The van der Waals surface area contributed by atoms with Crippen LogP contribution in [-0.4, -0.2) is 31.4 Å². The van der Waals surface area contributed by atoms with Gasteiger partial charge in [0.25, 0.3) is 11.3 Å². The number of rotatable bonds is 2. The zero-order valence-electron chi connectivity index (χ0n) is 4.96. The van der Waals surface area contributed by atoms with Gasteiger partial charge < -0.3 is 5.73 Å². The van der Waals surface area contributed by atoms with Gasteiger partial charge in [0.2, 0.25) is 5.96 Å². The average Bonchev–Trinajstić information content (AvgIpc) is 1.54. The Morgan fingerprint density at radius 3 is 2.00 bits per heavy atom. The van der Waals surface area contributed by atoms with E-state index in [0.29, 0.717) is 0 Å². The third kappa shape index (κ3) is 2.80. The Bertz CT molecular complexity index is 266. The fourth-order valence-corrected chi connectivity index (χ4v) is 1.35. The Kier molecular flexibility index (Phi) is 2.92. The van der Waals surface area contributed by atoms with E-state index >= 15 is 0 Å². The second kappa shape index (κ2) is 3.13. The third-order valence-corrected chi connectivity index (χ3v) is 2.59. The van der Waals surface area contributed by atoms with Crippen molar-refractivity contribution in [2.24, 2.45) is 5.73 Å².